The second kappa shape index (κ2) is 6.17. The van der Waals surface area contributed by atoms with Crippen molar-refractivity contribution in [2.45, 2.75) is 17.7 Å². The lowest BCUT2D eigenvalue weighted by Crippen LogP contribution is -2.29. The molecule has 0 fully saturated rings. The molecule has 3 aromatic rings. The Morgan fingerprint density at radius 3 is 2.79 bits per heavy atom. The molecule has 5 heteroatoms. The lowest BCUT2D eigenvalue weighted by atomic mass is 10.1. The molecule has 4 nitrogen and oxygen atoms in total. The van der Waals surface area contributed by atoms with E-state index >= 15 is 0 Å². The van der Waals surface area contributed by atoms with Gasteiger partial charge in [-0.2, -0.15) is 0 Å². The molecule has 1 aromatic heterocycles. The van der Waals surface area contributed by atoms with Crippen molar-refractivity contribution in [3.63, 3.8) is 0 Å². The maximum Gasteiger partial charge on any atom is 0.330 e. The van der Waals surface area contributed by atoms with Crippen molar-refractivity contribution in [2.75, 3.05) is 5.75 Å². The number of nitrogens with zero attached hydrogens (tertiary/aromatic N) is 1. The van der Waals surface area contributed by atoms with Crippen molar-refractivity contribution in [1.82, 2.24) is 4.57 Å². The summed E-state index contributed by atoms with van der Waals surface area (Å²) >= 11 is 1.50. The van der Waals surface area contributed by atoms with E-state index in [4.69, 9.17) is 4.74 Å². The Balaban J connectivity index is 1.55. The number of fused-ring (bicyclic) bond motifs is 2. The maximum absolute atomic E-state index is 12.5. The Hall–Kier alpha value is -2.53. The van der Waals surface area contributed by atoms with Crippen LogP contribution < -0.4 is 5.56 Å². The normalized spacial score (nSPS) is 16.1. The Morgan fingerprint density at radius 2 is 1.88 bits per heavy atom. The predicted molar refractivity (Wildman–Crippen MR) is 94.2 cm³/mol. The molecule has 1 aliphatic heterocycles. The van der Waals surface area contributed by atoms with Crippen molar-refractivity contribution >= 4 is 28.5 Å². The largest absolute Gasteiger partial charge is 0.459 e. The highest BCUT2D eigenvalue weighted by Crippen LogP contribution is 2.32. The zero-order valence-electron chi connectivity index (χ0n) is 12.8. The molecule has 0 N–H and O–H groups in total. The van der Waals surface area contributed by atoms with Crippen molar-refractivity contribution in [3.8, 4) is 0 Å². The lowest BCUT2D eigenvalue weighted by molar-refractivity contribution is -0.148. The lowest BCUT2D eigenvalue weighted by Gasteiger charge is -2.13. The molecular weight excluding hydrogens is 322 g/mol. The van der Waals surface area contributed by atoms with Crippen LogP contribution in [-0.2, 0) is 16.1 Å². The van der Waals surface area contributed by atoms with Gasteiger partial charge in [0.1, 0.15) is 12.6 Å². The molecule has 0 saturated heterocycles. The average molecular weight is 337 g/mol. The minimum atomic E-state index is -0.548. The fourth-order valence-electron chi connectivity index (χ4n) is 2.98. The van der Waals surface area contributed by atoms with Crippen LogP contribution in [-0.4, -0.2) is 16.3 Å². The summed E-state index contributed by atoms with van der Waals surface area (Å²) in [6.45, 7) is 0.207. The van der Waals surface area contributed by atoms with Gasteiger partial charge in [-0.1, -0.05) is 48.5 Å². The first-order valence-corrected chi connectivity index (χ1v) is 8.70. The van der Waals surface area contributed by atoms with Gasteiger partial charge in [0.05, 0.1) is 5.03 Å². The van der Waals surface area contributed by atoms with E-state index in [9.17, 15) is 9.59 Å². The third kappa shape index (κ3) is 2.61. The standard InChI is InChI=1S/C19H15NO3S/c21-17-9-4-10-18-20(17)16(12-24-18)19(22)23-11-14-7-3-6-13-5-1-2-8-15(13)14/h1-10,16H,11-12H2. The maximum atomic E-state index is 12.5. The van der Waals surface area contributed by atoms with Crippen molar-refractivity contribution in [2.24, 2.45) is 0 Å². The zero-order valence-corrected chi connectivity index (χ0v) is 13.7. The number of benzene rings is 2. The van der Waals surface area contributed by atoms with E-state index in [1.54, 1.807) is 6.07 Å². The van der Waals surface area contributed by atoms with E-state index in [2.05, 4.69) is 0 Å². The zero-order chi connectivity index (χ0) is 16.5. The van der Waals surface area contributed by atoms with Crippen LogP contribution in [0.15, 0.2) is 70.5 Å². The van der Waals surface area contributed by atoms with Crippen LogP contribution in [0.5, 0.6) is 0 Å². The SMILES string of the molecule is O=C(OCc1cccc2ccccc12)C1CSc2cccc(=O)n21. The Labute approximate surface area is 143 Å². The van der Waals surface area contributed by atoms with E-state index < -0.39 is 6.04 Å². The number of hydrogen-bond acceptors (Lipinski definition) is 4. The van der Waals surface area contributed by atoms with Gasteiger partial charge in [0.15, 0.2) is 0 Å². The highest BCUT2D eigenvalue weighted by Gasteiger charge is 2.30. The molecule has 2 heterocycles. The minimum Gasteiger partial charge on any atom is -0.459 e. The molecule has 1 unspecified atom stereocenters. The highest BCUT2D eigenvalue weighted by molar-refractivity contribution is 7.99. The van der Waals surface area contributed by atoms with Crippen LogP contribution >= 0.6 is 11.8 Å². The first-order valence-electron chi connectivity index (χ1n) is 7.72. The van der Waals surface area contributed by atoms with E-state index in [1.807, 2.05) is 48.5 Å². The van der Waals surface area contributed by atoms with Gasteiger partial charge in [0, 0.05) is 11.8 Å². The van der Waals surface area contributed by atoms with Crippen LogP contribution in [0, 0.1) is 0 Å². The fraction of sp³-hybridized carbons (Fsp3) is 0.158. The van der Waals surface area contributed by atoms with Crippen LogP contribution in [0.1, 0.15) is 11.6 Å². The van der Waals surface area contributed by atoms with E-state index in [0.29, 0.717) is 5.75 Å². The van der Waals surface area contributed by atoms with Crippen LogP contribution in [0.25, 0.3) is 10.8 Å². The number of ether oxygens (including phenoxy) is 1. The van der Waals surface area contributed by atoms with Gasteiger partial charge >= 0.3 is 5.97 Å². The minimum absolute atomic E-state index is 0.162. The first-order chi connectivity index (χ1) is 11.7. The molecular formula is C19H15NO3S. The molecule has 0 saturated carbocycles. The van der Waals surface area contributed by atoms with Crippen LogP contribution in [0.2, 0.25) is 0 Å². The molecule has 0 spiro atoms. The molecule has 0 amide bonds. The Kier molecular flexibility index (Phi) is 3.86. The first kappa shape index (κ1) is 15.0. The fourth-order valence-corrected chi connectivity index (χ4v) is 4.13. The third-order valence-corrected chi connectivity index (χ3v) is 5.29. The number of hydrogen-bond donors (Lipinski definition) is 0. The summed E-state index contributed by atoms with van der Waals surface area (Å²) in [5.74, 6) is 0.177. The van der Waals surface area contributed by atoms with Crippen LogP contribution in [0.3, 0.4) is 0 Å². The number of carbonyl (C=O) groups is 1. The summed E-state index contributed by atoms with van der Waals surface area (Å²) in [6.07, 6.45) is 0. The van der Waals surface area contributed by atoms with E-state index in [1.165, 1.54) is 22.4 Å². The number of aromatic nitrogens is 1. The molecule has 120 valence electrons. The molecule has 0 radical (unpaired) electrons. The molecule has 4 rings (SSSR count). The summed E-state index contributed by atoms with van der Waals surface area (Å²) in [4.78, 5) is 24.5. The van der Waals surface area contributed by atoms with Gasteiger partial charge in [0.25, 0.3) is 5.56 Å². The Bertz CT molecular complexity index is 974. The van der Waals surface area contributed by atoms with Crippen molar-refractivity contribution in [1.29, 1.82) is 0 Å². The second-order valence-corrected chi connectivity index (χ2v) is 6.69. The topological polar surface area (TPSA) is 48.3 Å². The number of thioether (sulfide) groups is 1. The monoisotopic (exact) mass is 337 g/mol. The number of pyridine rings is 1. The van der Waals surface area contributed by atoms with Gasteiger partial charge in [-0.3, -0.25) is 9.36 Å². The van der Waals surface area contributed by atoms with Gasteiger partial charge in [0.2, 0.25) is 0 Å². The van der Waals surface area contributed by atoms with Gasteiger partial charge < -0.3 is 4.74 Å². The third-order valence-electron chi connectivity index (χ3n) is 4.18. The summed E-state index contributed by atoms with van der Waals surface area (Å²) in [5.41, 5.74) is 0.803. The number of esters is 1. The van der Waals surface area contributed by atoms with E-state index in [0.717, 1.165) is 21.4 Å². The van der Waals surface area contributed by atoms with Gasteiger partial charge in [-0.25, -0.2) is 4.79 Å². The summed E-state index contributed by atoms with van der Waals surface area (Å²) in [7, 11) is 0. The quantitative estimate of drug-likeness (QED) is 0.688. The summed E-state index contributed by atoms with van der Waals surface area (Å²) < 4.78 is 7.04. The molecule has 0 bridgehead atoms. The molecule has 0 aliphatic carbocycles. The smallest absolute Gasteiger partial charge is 0.330 e. The van der Waals surface area contributed by atoms with Crippen molar-refractivity contribution in [3.05, 3.63) is 76.6 Å². The molecule has 2 aromatic carbocycles. The Morgan fingerprint density at radius 1 is 1.08 bits per heavy atom. The number of carbonyl (C=O) groups excluding carboxylic acids is 1. The summed E-state index contributed by atoms with van der Waals surface area (Å²) in [6, 6.07) is 18.4. The summed E-state index contributed by atoms with van der Waals surface area (Å²) in [5, 5.41) is 3.00. The highest BCUT2D eigenvalue weighted by atomic mass is 32.2. The van der Waals surface area contributed by atoms with Gasteiger partial charge in [-0.05, 0) is 22.4 Å². The average Bonchev–Trinajstić information content (AvgIpc) is 3.05. The van der Waals surface area contributed by atoms with Crippen LogP contribution in [0.4, 0.5) is 0 Å². The van der Waals surface area contributed by atoms with Crippen molar-refractivity contribution < 1.29 is 9.53 Å². The molecule has 1 atom stereocenters. The van der Waals surface area contributed by atoms with E-state index in [-0.39, 0.29) is 18.1 Å². The molecule has 24 heavy (non-hydrogen) atoms. The molecule has 1 aliphatic rings. The predicted octanol–water partition coefficient (Wildman–Crippen LogP) is 3.39. The second-order valence-electron chi connectivity index (χ2n) is 5.65. The van der Waals surface area contributed by atoms with Gasteiger partial charge in [-0.15, -0.1) is 11.8 Å². The number of rotatable bonds is 3.